The third-order valence-corrected chi connectivity index (χ3v) is 5.16. The maximum atomic E-state index is 13.7. The first kappa shape index (κ1) is 18.0. The molecule has 1 saturated heterocycles. The lowest BCUT2D eigenvalue weighted by Gasteiger charge is -2.20. The summed E-state index contributed by atoms with van der Waals surface area (Å²) in [5.41, 5.74) is 0.766. The van der Waals surface area contributed by atoms with Crippen molar-refractivity contribution in [3.8, 4) is 5.75 Å². The van der Waals surface area contributed by atoms with E-state index in [1.807, 2.05) is 4.90 Å². The number of rotatable bonds is 3. The van der Waals surface area contributed by atoms with Crippen molar-refractivity contribution in [2.45, 2.75) is 31.7 Å². The molecular weight excluding hydrogens is 371 g/mol. The fraction of sp³-hybridized carbons (Fsp3) is 0.421. The Kier molecular flexibility index (Phi) is 5.11. The third-order valence-electron chi connectivity index (χ3n) is 4.88. The Morgan fingerprint density at radius 1 is 1.30 bits per heavy atom. The summed E-state index contributed by atoms with van der Waals surface area (Å²) in [6.45, 7) is 2.27. The van der Waals surface area contributed by atoms with Gasteiger partial charge in [0.2, 0.25) is 5.95 Å². The number of aromatic nitrogens is 2. The summed E-state index contributed by atoms with van der Waals surface area (Å²) in [7, 11) is 0. The first-order valence-corrected chi connectivity index (χ1v) is 9.50. The normalized spacial score (nSPS) is 19.2. The summed E-state index contributed by atoms with van der Waals surface area (Å²) in [4.78, 5) is 23.5. The molecule has 2 aliphatic rings. The summed E-state index contributed by atoms with van der Waals surface area (Å²) in [6, 6.07) is 3.99. The zero-order valence-electron chi connectivity index (χ0n) is 14.8. The van der Waals surface area contributed by atoms with Gasteiger partial charge in [0.25, 0.3) is 5.91 Å². The fourth-order valence-electron chi connectivity index (χ4n) is 3.51. The number of amides is 1. The number of fused-ring (bicyclic) bond motifs is 1. The maximum Gasteiger partial charge on any atom is 0.272 e. The van der Waals surface area contributed by atoms with Gasteiger partial charge in [0.15, 0.2) is 5.69 Å². The standard InChI is InChI=1S/C19H20ClFN4O2/c20-14-11-22-19(25-7-1-2-8-25)24-17(14)18(26)23-15-4-3-9-27-16-6-5-12(21)10-13(15)16/h5-6,10-11,15H,1-4,7-9H2,(H,23,26). The van der Waals surface area contributed by atoms with Gasteiger partial charge in [-0.25, -0.2) is 14.4 Å². The Labute approximate surface area is 161 Å². The summed E-state index contributed by atoms with van der Waals surface area (Å²) in [6.07, 6.45) is 5.01. The number of nitrogens with one attached hydrogen (secondary N) is 1. The van der Waals surface area contributed by atoms with E-state index >= 15 is 0 Å². The molecule has 2 aliphatic heterocycles. The van der Waals surface area contributed by atoms with E-state index in [1.165, 1.54) is 18.3 Å². The molecular formula is C19H20ClFN4O2. The Morgan fingerprint density at radius 2 is 2.11 bits per heavy atom. The molecule has 0 aliphatic carbocycles. The Hall–Kier alpha value is -2.41. The third kappa shape index (κ3) is 3.83. The fourth-order valence-corrected chi connectivity index (χ4v) is 3.69. The van der Waals surface area contributed by atoms with Crippen LogP contribution in [-0.2, 0) is 0 Å². The van der Waals surface area contributed by atoms with Crippen LogP contribution < -0.4 is 15.0 Å². The number of halogens is 2. The van der Waals surface area contributed by atoms with Gasteiger partial charge in [-0.3, -0.25) is 4.79 Å². The lowest BCUT2D eigenvalue weighted by molar-refractivity contribution is 0.0929. The second-order valence-electron chi connectivity index (χ2n) is 6.76. The van der Waals surface area contributed by atoms with E-state index in [9.17, 15) is 9.18 Å². The van der Waals surface area contributed by atoms with Crippen LogP contribution in [0.5, 0.6) is 5.75 Å². The minimum absolute atomic E-state index is 0.136. The van der Waals surface area contributed by atoms with E-state index in [0.717, 1.165) is 32.4 Å². The summed E-state index contributed by atoms with van der Waals surface area (Å²) >= 11 is 6.18. The largest absolute Gasteiger partial charge is 0.493 e. The number of hydrogen-bond acceptors (Lipinski definition) is 5. The number of hydrogen-bond donors (Lipinski definition) is 1. The highest BCUT2D eigenvalue weighted by atomic mass is 35.5. The van der Waals surface area contributed by atoms with Crippen LogP contribution in [0.4, 0.5) is 10.3 Å². The highest BCUT2D eigenvalue weighted by Gasteiger charge is 2.25. The first-order chi connectivity index (χ1) is 13.1. The van der Waals surface area contributed by atoms with E-state index in [1.54, 1.807) is 6.07 Å². The Bertz CT molecular complexity index is 858. The number of nitrogens with zero attached hydrogens (tertiary/aromatic N) is 3. The van der Waals surface area contributed by atoms with Gasteiger partial charge in [0.05, 0.1) is 23.9 Å². The highest BCUT2D eigenvalue weighted by Crippen LogP contribution is 2.32. The van der Waals surface area contributed by atoms with E-state index in [4.69, 9.17) is 16.3 Å². The predicted molar refractivity (Wildman–Crippen MR) is 99.8 cm³/mol. The molecule has 142 valence electrons. The van der Waals surface area contributed by atoms with Crippen LogP contribution in [0.1, 0.15) is 47.8 Å². The molecule has 4 rings (SSSR count). The average Bonchev–Trinajstić information content (AvgIpc) is 3.13. The lowest BCUT2D eigenvalue weighted by Crippen LogP contribution is -2.30. The minimum atomic E-state index is -0.398. The van der Waals surface area contributed by atoms with E-state index in [2.05, 4.69) is 15.3 Å². The molecule has 0 spiro atoms. The van der Waals surface area contributed by atoms with E-state index in [0.29, 0.717) is 30.3 Å². The van der Waals surface area contributed by atoms with Crippen LogP contribution >= 0.6 is 11.6 Å². The number of carbonyl (C=O) groups is 1. The second kappa shape index (κ2) is 7.68. The van der Waals surface area contributed by atoms with Crippen LogP contribution in [0.3, 0.4) is 0 Å². The predicted octanol–water partition coefficient (Wildman–Crippen LogP) is 3.51. The van der Waals surface area contributed by atoms with Crippen LogP contribution in [0, 0.1) is 5.82 Å². The molecule has 1 N–H and O–H groups in total. The zero-order valence-corrected chi connectivity index (χ0v) is 15.5. The number of carbonyl (C=O) groups excluding carboxylic acids is 1. The molecule has 1 atom stereocenters. The highest BCUT2D eigenvalue weighted by molar-refractivity contribution is 6.33. The molecule has 0 radical (unpaired) electrons. The lowest BCUT2D eigenvalue weighted by atomic mass is 10.0. The van der Waals surface area contributed by atoms with Crippen molar-refractivity contribution in [3.63, 3.8) is 0 Å². The van der Waals surface area contributed by atoms with Crippen molar-refractivity contribution < 1.29 is 13.9 Å². The molecule has 1 amide bonds. The van der Waals surface area contributed by atoms with Crippen molar-refractivity contribution in [2.75, 3.05) is 24.6 Å². The molecule has 0 bridgehead atoms. The molecule has 2 aromatic rings. The monoisotopic (exact) mass is 390 g/mol. The summed E-state index contributed by atoms with van der Waals surface area (Å²) in [5.74, 6) is 0.336. The molecule has 3 heterocycles. The van der Waals surface area contributed by atoms with Gasteiger partial charge in [-0.05, 0) is 43.9 Å². The van der Waals surface area contributed by atoms with Gasteiger partial charge in [-0.15, -0.1) is 0 Å². The van der Waals surface area contributed by atoms with Crippen molar-refractivity contribution >= 4 is 23.5 Å². The molecule has 8 heteroatoms. The number of anilines is 1. The summed E-state index contributed by atoms with van der Waals surface area (Å²) in [5, 5.41) is 3.13. The minimum Gasteiger partial charge on any atom is -0.493 e. The number of benzene rings is 1. The van der Waals surface area contributed by atoms with Gasteiger partial charge in [-0.1, -0.05) is 11.6 Å². The topological polar surface area (TPSA) is 67.3 Å². The van der Waals surface area contributed by atoms with Crippen molar-refractivity contribution in [1.82, 2.24) is 15.3 Å². The van der Waals surface area contributed by atoms with Crippen LogP contribution in [-0.4, -0.2) is 35.6 Å². The second-order valence-corrected chi connectivity index (χ2v) is 7.17. The molecule has 1 fully saturated rings. The van der Waals surface area contributed by atoms with Crippen LogP contribution in [0.2, 0.25) is 5.02 Å². The van der Waals surface area contributed by atoms with E-state index in [-0.39, 0.29) is 22.6 Å². The molecule has 0 saturated carbocycles. The van der Waals surface area contributed by atoms with Crippen molar-refractivity contribution in [3.05, 3.63) is 46.5 Å². The van der Waals surface area contributed by atoms with Crippen molar-refractivity contribution in [1.29, 1.82) is 0 Å². The zero-order chi connectivity index (χ0) is 18.8. The van der Waals surface area contributed by atoms with E-state index < -0.39 is 5.91 Å². The quantitative estimate of drug-likeness (QED) is 0.868. The summed E-state index contributed by atoms with van der Waals surface area (Å²) < 4.78 is 19.4. The van der Waals surface area contributed by atoms with Gasteiger partial charge in [0, 0.05) is 18.7 Å². The SMILES string of the molecule is O=C(NC1CCCOc2ccc(F)cc21)c1nc(N2CCCC2)ncc1Cl. The molecule has 27 heavy (non-hydrogen) atoms. The van der Waals surface area contributed by atoms with Gasteiger partial charge in [0.1, 0.15) is 11.6 Å². The maximum absolute atomic E-state index is 13.7. The molecule has 1 aromatic heterocycles. The molecule has 1 unspecified atom stereocenters. The first-order valence-electron chi connectivity index (χ1n) is 9.12. The Balaban J connectivity index is 1.59. The van der Waals surface area contributed by atoms with Crippen LogP contribution in [0.15, 0.2) is 24.4 Å². The van der Waals surface area contributed by atoms with Crippen LogP contribution in [0.25, 0.3) is 0 Å². The smallest absolute Gasteiger partial charge is 0.272 e. The Morgan fingerprint density at radius 3 is 2.93 bits per heavy atom. The number of ether oxygens (including phenoxy) is 1. The van der Waals surface area contributed by atoms with Crippen molar-refractivity contribution in [2.24, 2.45) is 0 Å². The van der Waals surface area contributed by atoms with Gasteiger partial charge >= 0.3 is 0 Å². The van der Waals surface area contributed by atoms with Gasteiger partial charge in [-0.2, -0.15) is 0 Å². The average molecular weight is 391 g/mol. The molecule has 6 nitrogen and oxygen atoms in total. The molecule has 1 aromatic carbocycles. The van der Waals surface area contributed by atoms with Gasteiger partial charge < -0.3 is 15.0 Å².